The van der Waals surface area contributed by atoms with Crippen LogP contribution < -0.4 is 26.2 Å². The normalized spacial score (nSPS) is 20.4. The van der Waals surface area contributed by atoms with Gasteiger partial charge in [0.2, 0.25) is 0 Å². The summed E-state index contributed by atoms with van der Waals surface area (Å²) in [7, 11) is 0. The minimum atomic E-state index is -1.18. The zero-order valence-electron chi connectivity index (χ0n) is 25.1. The van der Waals surface area contributed by atoms with Crippen molar-refractivity contribution >= 4 is 41.6 Å². The Balaban J connectivity index is 1.86. The molecule has 2 aliphatic rings. The minimum absolute atomic E-state index is 0.182. The molecule has 4 heterocycles. The molecule has 10 nitrogen and oxygen atoms in total. The molecule has 0 fully saturated rings. The fourth-order valence-electron chi connectivity index (χ4n) is 5.89. The van der Waals surface area contributed by atoms with Crippen LogP contribution in [0.2, 0.25) is 0 Å². The van der Waals surface area contributed by atoms with Gasteiger partial charge >= 0.3 is 0 Å². The van der Waals surface area contributed by atoms with E-state index in [9.17, 15) is 29.4 Å². The maximum absolute atomic E-state index is 12.4. The number of hydrogen-bond acceptors (Lipinski definition) is 6. The van der Waals surface area contributed by atoms with Crippen LogP contribution in [0, 0.1) is 19.8 Å². The van der Waals surface area contributed by atoms with E-state index in [-0.39, 0.29) is 49.5 Å². The number of allylic oxidation sites excluding steroid dienone is 1. The number of hydrogen-bond donors (Lipinski definition) is 3. The van der Waals surface area contributed by atoms with Gasteiger partial charge in [-0.1, -0.05) is 18.7 Å². The average Bonchev–Trinajstić information content (AvgIpc) is 3.59. The van der Waals surface area contributed by atoms with Crippen LogP contribution in [0.15, 0.2) is 40.4 Å². The molecule has 2 aromatic heterocycles. The van der Waals surface area contributed by atoms with Crippen molar-refractivity contribution in [2.24, 2.45) is 10.9 Å². The van der Waals surface area contributed by atoms with E-state index in [0.29, 0.717) is 34.1 Å². The van der Waals surface area contributed by atoms with E-state index in [0.717, 1.165) is 39.1 Å². The number of carboxylic acid groups (broad SMARTS) is 2. The molecule has 43 heavy (non-hydrogen) atoms. The van der Waals surface area contributed by atoms with Gasteiger partial charge in [0.15, 0.2) is 0 Å². The summed E-state index contributed by atoms with van der Waals surface area (Å²) in [4.78, 5) is 58.4. The monoisotopic (exact) mass is 584 g/mol. The van der Waals surface area contributed by atoms with E-state index in [2.05, 4.69) is 26.9 Å². The summed E-state index contributed by atoms with van der Waals surface area (Å²) in [6.07, 6.45) is 7.55. The van der Waals surface area contributed by atoms with Crippen molar-refractivity contribution in [2.75, 3.05) is 0 Å². The maximum Gasteiger partial charge on any atom is 0.253 e. The molecule has 0 aliphatic carbocycles. The highest BCUT2D eigenvalue weighted by Gasteiger charge is 2.29. The number of H-pyrrole nitrogens is 2. The van der Waals surface area contributed by atoms with Crippen LogP contribution in [0.25, 0.3) is 12.2 Å². The second kappa shape index (κ2) is 12.6. The van der Waals surface area contributed by atoms with Crippen LogP contribution in [0.1, 0.15) is 67.3 Å². The van der Waals surface area contributed by atoms with Gasteiger partial charge in [-0.15, -0.1) is 0 Å². The summed E-state index contributed by atoms with van der Waals surface area (Å²) in [5, 5.41) is 27.1. The Morgan fingerprint density at radius 1 is 0.953 bits per heavy atom. The fraction of sp³-hybridized carbons (Fsp3) is 0.364. The zero-order chi connectivity index (χ0) is 31.6. The number of aromatic nitrogens is 2. The summed E-state index contributed by atoms with van der Waals surface area (Å²) < 4.78 is 0. The van der Waals surface area contributed by atoms with E-state index in [1.807, 2.05) is 39.8 Å². The number of carbonyl (C=O) groups is 4. The van der Waals surface area contributed by atoms with Gasteiger partial charge in [-0.05, 0) is 106 Å². The number of aromatic amines is 2. The van der Waals surface area contributed by atoms with Crippen LogP contribution in [-0.4, -0.2) is 45.5 Å². The van der Waals surface area contributed by atoms with Crippen LogP contribution >= 0.6 is 0 Å². The molecule has 0 aromatic carbocycles. The third-order valence-corrected chi connectivity index (χ3v) is 8.48. The number of carboxylic acids is 2. The zero-order valence-corrected chi connectivity index (χ0v) is 25.1. The first-order valence-electron chi connectivity index (χ1n) is 14.3. The van der Waals surface area contributed by atoms with Gasteiger partial charge in [-0.2, -0.15) is 0 Å². The minimum Gasteiger partial charge on any atom is -0.550 e. The highest BCUT2D eigenvalue weighted by Crippen LogP contribution is 2.26. The first-order valence-corrected chi connectivity index (χ1v) is 14.3. The predicted molar refractivity (Wildman–Crippen MR) is 159 cm³/mol. The average molecular weight is 585 g/mol. The van der Waals surface area contributed by atoms with Crippen LogP contribution in [0.3, 0.4) is 0 Å². The number of rotatable bonds is 11. The van der Waals surface area contributed by atoms with E-state index < -0.39 is 11.9 Å². The molecule has 4 rings (SSSR count). The number of nitrogens with one attached hydrogen (secondary N) is 3. The molecule has 2 aliphatic heterocycles. The van der Waals surface area contributed by atoms with E-state index in [4.69, 9.17) is 0 Å². The largest absolute Gasteiger partial charge is 0.550 e. The molecule has 226 valence electrons. The third kappa shape index (κ3) is 6.38. The lowest BCUT2D eigenvalue weighted by Crippen LogP contribution is -2.30. The maximum atomic E-state index is 12.4. The lowest BCUT2D eigenvalue weighted by atomic mass is 9.98. The molecule has 2 aromatic rings. The van der Waals surface area contributed by atoms with Crippen molar-refractivity contribution < 1.29 is 29.4 Å². The Kier molecular flexibility index (Phi) is 9.18. The second-order valence-corrected chi connectivity index (χ2v) is 11.0. The molecule has 0 radical (unpaired) electrons. The van der Waals surface area contributed by atoms with Gasteiger partial charge in [0, 0.05) is 46.0 Å². The van der Waals surface area contributed by atoms with Crippen LogP contribution in [0.4, 0.5) is 0 Å². The molecule has 10 heteroatoms. The molecule has 2 amide bonds. The third-order valence-electron chi connectivity index (χ3n) is 8.48. The topological polar surface area (TPSA) is 170 Å². The fourth-order valence-corrected chi connectivity index (χ4v) is 5.89. The Bertz CT molecular complexity index is 1750. The second-order valence-electron chi connectivity index (χ2n) is 11.0. The van der Waals surface area contributed by atoms with Crippen molar-refractivity contribution in [3.63, 3.8) is 0 Å². The van der Waals surface area contributed by atoms with Gasteiger partial charge in [-0.25, -0.2) is 4.99 Å². The standard InChI is InChI=1S/C33H38N4O6/c1-7-20-19(6)32(42)37-27(20)14-25-18(5)23(10-12-31(40)41)29(35-25)15-28-22(9-11-30(38)39)17(4)24(34-28)13-26-16(3)21(8-2)33(43)36-26/h7-8,14-15,19,26,34-35H,2,9-13H2,1,3-6H3,(H,36,43)(H,38,39)(H,40,41)/p-2/b20-7+,25-14-,29-15-/t19-,26-/m1/s1. The summed E-state index contributed by atoms with van der Waals surface area (Å²) in [5.41, 5.74) is 7.53. The number of carbonyl (C=O) groups excluding carboxylic acids is 4. The van der Waals surface area contributed by atoms with E-state index in [1.54, 1.807) is 19.1 Å². The predicted octanol–water partition coefficient (Wildman–Crippen LogP) is 0.0409. The molecule has 0 bridgehead atoms. The van der Waals surface area contributed by atoms with Gasteiger partial charge in [-0.3, -0.25) is 9.59 Å². The van der Waals surface area contributed by atoms with Crippen LogP contribution in [-0.2, 0) is 38.4 Å². The van der Waals surface area contributed by atoms with E-state index >= 15 is 0 Å². The molecule has 0 saturated heterocycles. The van der Waals surface area contributed by atoms with Gasteiger partial charge in [0.25, 0.3) is 11.8 Å². The molecule has 3 N–H and O–H groups in total. The van der Waals surface area contributed by atoms with Crippen molar-refractivity contribution in [1.29, 1.82) is 0 Å². The molecule has 0 spiro atoms. The van der Waals surface area contributed by atoms with Gasteiger partial charge in [0.05, 0.1) is 17.7 Å². The molecule has 0 unspecified atom stereocenters. The Morgan fingerprint density at radius 3 is 2.19 bits per heavy atom. The molecular weight excluding hydrogens is 548 g/mol. The smallest absolute Gasteiger partial charge is 0.253 e. The highest BCUT2D eigenvalue weighted by atomic mass is 16.4. The first-order chi connectivity index (χ1) is 20.4. The summed E-state index contributed by atoms with van der Waals surface area (Å²) in [6, 6.07) is -0.245. The molecular formula is C33H36N4O6-2. The number of nitrogens with zero attached hydrogens (tertiary/aromatic N) is 1. The summed E-state index contributed by atoms with van der Waals surface area (Å²) in [6.45, 7) is 13.1. The number of aliphatic carboxylic acids is 2. The first kappa shape index (κ1) is 31.2. The Labute approximate surface area is 249 Å². The quantitative estimate of drug-likeness (QED) is 0.337. The van der Waals surface area contributed by atoms with Crippen molar-refractivity contribution in [3.05, 3.63) is 79.8 Å². The lowest BCUT2D eigenvalue weighted by molar-refractivity contribution is -0.307. The van der Waals surface area contributed by atoms with Gasteiger partial charge in [0.1, 0.15) is 0 Å². The summed E-state index contributed by atoms with van der Waals surface area (Å²) >= 11 is 0. The van der Waals surface area contributed by atoms with Gasteiger partial charge < -0.3 is 35.1 Å². The number of amides is 2. The summed E-state index contributed by atoms with van der Waals surface area (Å²) in [5.74, 6) is -3.09. The highest BCUT2D eigenvalue weighted by molar-refractivity contribution is 6.29. The van der Waals surface area contributed by atoms with Crippen molar-refractivity contribution in [1.82, 2.24) is 15.3 Å². The Morgan fingerprint density at radius 2 is 1.60 bits per heavy atom. The Hall–Kier alpha value is -4.73. The van der Waals surface area contributed by atoms with Crippen molar-refractivity contribution in [3.8, 4) is 0 Å². The number of aliphatic imine (C=N–C) groups is 1. The SMILES string of the molecule is C=CC1=C(C)[C@@H](Cc2[nH]c(/C=c3\[nH]/c(=C\C4=NC(=O)[C@H](C)/C4=C\C)c(C)c3CCC(=O)[O-])c(CCC(=O)[O-])c2C)NC1=O. The molecule has 2 atom stereocenters. The van der Waals surface area contributed by atoms with E-state index in [1.165, 1.54) is 0 Å². The lowest BCUT2D eigenvalue weighted by Gasteiger charge is -2.12. The molecule has 0 saturated carbocycles. The van der Waals surface area contributed by atoms with Crippen molar-refractivity contribution in [2.45, 2.75) is 72.8 Å². The van der Waals surface area contributed by atoms with Crippen LogP contribution in [0.5, 0.6) is 0 Å².